The number of methoxy groups -OCH3 is 4. The number of phenols is 4. The Hall–Kier alpha value is -5.82. The lowest BCUT2D eigenvalue weighted by atomic mass is 9.83. The molecule has 0 spiro atoms. The Morgan fingerprint density at radius 2 is 0.962 bits per heavy atom. The van der Waals surface area contributed by atoms with E-state index >= 15 is 0 Å². The molecule has 4 aromatic rings. The highest BCUT2D eigenvalue weighted by Crippen LogP contribution is 2.40. The van der Waals surface area contributed by atoms with Gasteiger partial charge in [-0.2, -0.15) is 0 Å². The topological polar surface area (TPSA) is 191 Å². The summed E-state index contributed by atoms with van der Waals surface area (Å²) in [5, 5.41) is 49.7. The second kappa shape index (κ2) is 17.1. The van der Waals surface area contributed by atoms with Crippen molar-refractivity contribution in [1.82, 2.24) is 0 Å². The molecule has 2 aliphatic heterocycles. The average molecular weight is 733 g/mol. The third kappa shape index (κ3) is 8.98. The van der Waals surface area contributed by atoms with Gasteiger partial charge >= 0.3 is 11.9 Å². The summed E-state index contributed by atoms with van der Waals surface area (Å²) in [5.41, 5.74) is 3.18. The first kappa shape index (κ1) is 38.4. The number of ether oxygens (including phenoxy) is 6. The predicted octanol–water partition coefficient (Wildman–Crippen LogP) is 4.87. The van der Waals surface area contributed by atoms with Crippen LogP contribution in [0.15, 0.2) is 72.8 Å². The number of cyclic esters (lactones) is 2. The smallest absolute Gasteiger partial charge is 0.309 e. The fraction of sp³-hybridized carbons (Fsp3) is 0.350. The number of carbonyl (C=O) groups is 2. The quantitative estimate of drug-likeness (QED) is 0.124. The molecule has 0 aromatic heterocycles. The van der Waals surface area contributed by atoms with E-state index in [0.29, 0.717) is 48.7 Å². The molecule has 0 saturated carbocycles. The number of phenolic OH excluding ortho intramolecular Hbond substituents is 4. The van der Waals surface area contributed by atoms with Crippen molar-refractivity contribution in [2.45, 2.75) is 25.4 Å². The normalized spacial score (nSPS) is 19.7. The van der Waals surface area contributed by atoms with E-state index in [0.717, 1.165) is 16.7 Å². The van der Waals surface area contributed by atoms with Crippen LogP contribution >= 0.6 is 0 Å². The monoisotopic (exact) mass is 732 g/mol. The number of aliphatic hydroxyl groups is 1. The van der Waals surface area contributed by atoms with Crippen molar-refractivity contribution >= 4 is 11.9 Å². The minimum absolute atomic E-state index is 0.0167. The number of hydrogen-bond acceptors (Lipinski definition) is 13. The third-order valence-corrected chi connectivity index (χ3v) is 9.64. The molecule has 5 unspecified atom stereocenters. The highest BCUT2D eigenvalue weighted by Gasteiger charge is 2.42. The molecule has 2 heterocycles. The molecular formula is C40H44O13. The van der Waals surface area contributed by atoms with Crippen LogP contribution < -0.4 is 18.9 Å². The molecule has 13 heteroatoms. The summed E-state index contributed by atoms with van der Waals surface area (Å²) in [7, 11) is 5.87. The maximum atomic E-state index is 12.2. The van der Waals surface area contributed by atoms with Gasteiger partial charge in [-0.05, 0) is 90.0 Å². The van der Waals surface area contributed by atoms with Crippen molar-refractivity contribution < 1.29 is 63.5 Å². The number of carbonyl (C=O) groups excluding carboxylic acids is 2. The molecule has 5 atom stereocenters. The van der Waals surface area contributed by atoms with Crippen molar-refractivity contribution in [3.05, 3.63) is 95.1 Å². The van der Waals surface area contributed by atoms with Crippen LogP contribution in [-0.4, -0.2) is 79.1 Å². The van der Waals surface area contributed by atoms with Crippen molar-refractivity contribution in [2.24, 2.45) is 23.7 Å². The first-order valence-corrected chi connectivity index (χ1v) is 16.9. The van der Waals surface area contributed by atoms with Crippen LogP contribution in [0.25, 0.3) is 0 Å². The van der Waals surface area contributed by atoms with Gasteiger partial charge in [-0.3, -0.25) is 9.59 Å². The fourth-order valence-electron chi connectivity index (χ4n) is 6.66. The molecular weight excluding hydrogens is 688 g/mol. The Balaban J connectivity index is 0.000000204. The zero-order valence-electron chi connectivity index (χ0n) is 29.9. The van der Waals surface area contributed by atoms with Gasteiger partial charge < -0.3 is 54.0 Å². The van der Waals surface area contributed by atoms with E-state index in [1.807, 2.05) is 6.07 Å². The van der Waals surface area contributed by atoms with E-state index in [1.165, 1.54) is 40.6 Å². The number of esters is 2. The van der Waals surface area contributed by atoms with E-state index in [2.05, 4.69) is 0 Å². The summed E-state index contributed by atoms with van der Waals surface area (Å²) in [6, 6.07) is 19.7. The molecule has 2 aliphatic rings. The highest BCUT2D eigenvalue weighted by molar-refractivity contribution is 5.76. The molecule has 13 nitrogen and oxygen atoms in total. The number of aromatic hydroxyl groups is 4. The summed E-state index contributed by atoms with van der Waals surface area (Å²) in [6.07, 6.45) is 0.527. The molecule has 0 amide bonds. The third-order valence-electron chi connectivity index (χ3n) is 9.64. The average Bonchev–Trinajstić information content (AvgIpc) is 3.70. The number of rotatable bonds is 12. The van der Waals surface area contributed by atoms with Crippen molar-refractivity contribution in [3.8, 4) is 46.0 Å². The highest BCUT2D eigenvalue weighted by atomic mass is 16.5. The van der Waals surface area contributed by atoms with Crippen molar-refractivity contribution in [2.75, 3.05) is 41.7 Å². The molecule has 0 bridgehead atoms. The van der Waals surface area contributed by atoms with Crippen LogP contribution in [0.5, 0.6) is 46.0 Å². The van der Waals surface area contributed by atoms with Gasteiger partial charge in [-0.1, -0.05) is 24.3 Å². The van der Waals surface area contributed by atoms with Gasteiger partial charge in [0.2, 0.25) is 0 Å². The van der Waals surface area contributed by atoms with Crippen molar-refractivity contribution in [3.63, 3.8) is 0 Å². The summed E-state index contributed by atoms with van der Waals surface area (Å²) < 4.78 is 30.9. The van der Waals surface area contributed by atoms with Gasteiger partial charge in [0, 0.05) is 11.8 Å². The maximum absolute atomic E-state index is 12.2. The van der Waals surface area contributed by atoms with Crippen LogP contribution in [0.1, 0.15) is 28.4 Å². The van der Waals surface area contributed by atoms with Gasteiger partial charge in [-0.15, -0.1) is 0 Å². The SMILES string of the molecule is COc1cc(CC2C(=O)OCC2C(O)c2ccc(O)c(OC)c2)ccc1O.COc1cc(CC2COC(=O)C2Cc2ccc(O)c(OC)c2)ccc1O. The van der Waals surface area contributed by atoms with E-state index in [1.54, 1.807) is 54.6 Å². The van der Waals surface area contributed by atoms with Crippen LogP contribution in [0.3, 0.4) is 0 Å². The van der Waals surface area contributed by atoms with Gasteiger partial charge in [-0.25, -0.2) is 0 Å². The molecule has 282 valence electrons. The largest absolute Gasteiger partial charge is 0.504 e. The molecule has 2 saturated heterocycles. The Bertz CT molecular complexity index is 1910. The number of hydrogen-bond donors (Lipinski definition) is 5. The van der Waals surface area contributed by atoms with Crippen LogP contribution in [0.2, 0.25) is 0 Å². The Kier molecular flexibility index (Phi) is 12.4. The summed E-state index contributed by atoms with van der Waals surface area (Å²) in [5.74, 6) is -0.341. The fourth-order valence-corrected chi connectivity index (χ4v) is 6.66. The van der Waals surface area contributed by atoms with E-state index in [9.17, 15) is 35.1 Å². The molecule has 2 fully saturated rings. The molecule has 0 radical (unpaired) electrons. The molecule has 5 N–H and O–H groups in total. The summed E-state index contributed by atoms with van der Waals surface area (Å²) in [6.45, 7) is 0.463. The lowest BCUT2D eigenvalue weighted by Crippen LogP contribution is -2.24. The molecule has 0 aliphatic carbocycles. The summed E-state index contributed by atoms with van der Waals surface area (Å²) >= 11 is 0. The minimum atomic E-state index is -0.963. The minimum Gasteiger partial charge on any atom is -0.504 e. The maximum Gasteiger partial charge on any atom is 0.309 e. The van der Waals surface area contributed by atoms with Crippen LogP contribution in [-0.2, 0) is 38.3 Å². The molecule has 53 heavy (non-hydrogen) atoms. The standard InChI is InChI=1S/C20H22O7.C20H22O6/c1-25-17-8-11(3-5-15(17)21)7-13-14(10-27-20(13)24)19(23)12-4-6-16(22)18(9-12)26-2;1-24-18-9-12(3-5-16(18)21)7-14-11-26-20(23)15(14)8-13-4-6-17(22)19(10-13)25-2/h3-6,8-9,13-14,19,21-23H,7,10H2,1-2H3;3-6,9-10,14-15,21-22H,7-8,11H2,1-2H3. The van der Waals surface area contributed by atoms with E-state index in [-0.39, 0.29) is 59.1 Å². The van der Waals surface area contributed by atoms with Gasteiger partial charge in [0.25, 0.3) is 0 Å². The first-order chi connectivity index (χ1) is 25.5. The lowest BCUT2D eigenvalue weighted by molar-refractivity contribution is -0.142. The van der Waals surface area contributed by atoms with Crippen LogP contribution in [0, 0.1) is 23.7 Å². The zero-order chi connectivity index (χ0) is 38.2. The zero-order valence-corrected chi connectivity index (χ0v) is 29.9. The van der Waals surface area contributed by atoms with Crippen LogP contribution in [0.4, 0.5) is 0 Å². The molecule has 4 aromatic carbocycles. The molecule has 6 rings (SSSR count). The predicted molar refractivity (Wildman–Crippen MR) is 191 cm³/mol. The first-order valence-electron chi connectivity index (χ1n) is 16.9. The van der Waals surface area contributed by atoms with Gasteiger partial charge in [0.15, 0.2) is 46.0 Å². The Labute approximate surface area is 306 Å². The Morgan fingerprint density at radius 1 is 0.566 bits per heavy atom. The number of benzene rings is 4. The number of aliphatic hydroxyl groups excluding tert-OH is 1. The second-order valence-corrected chi connectivity index (χ2v) is 12.9. The van der Waals surface area contributed by atoms with Crippen molar-refractivity contribution in [1.29, 1.82) is 0 Å². The second-order valence-electron chi connectivity index (χ2n) is 12.9. The Morgan fingerprint density at radius 3 is 1.45 bits per heavy atom. The van der Waals surface area contributed by atoms with Gasteiger partial charge in [0.1, 0.15) is 0 Å². The summed E-state index contributed by atoms with van der Waals surface area (Å²) in [4.78, 5) is 24.5. The lowest BCUT2D eigenvalue weighted by Gasteiger charge is -2.22. The van der Waals surface area contributed by atoms with E-state index < -0.39 is 17.9 Å². The van der Waals surface area contributed by atoms with E-state index in [4.69, 9.17) is 28.4 Å². The van der Waals surface area contributed by atoms with Gasteiger partial charge in [0.05, 0.1) is 59.6 Å².